The summed E-state index contributed by atoms with van der Waals surface area (Å²) in [6, 6.07) is 6.22. The molecule has 2 aromatic rings. The summed E-state index contributed by atoms with van der Waals surface area (Å²) in [5.41, 5.74) is 2.69. The summed E-state index contributed by atoms with van der Waals surface area (Å²) in [6.07, 6.45) is 3.64. The highest BCUT2D eigenvalue weighted by Crippen LogP contribution is 2.33. The maximum atomic E-state index is 13.6. The maximum Gasteiger partial charge on any atom is 0.253 e. The number of aryl methyl sites for hydroxylation is 1. The van der Waals surface area contributed by atoms with Gasteiger partial charge in [-0.05, 0) is 38.0 Å². The van der Waals surface area contributed by atoms with E-state index in [9.17, 15) is 9.18 Å². The van der Waals surface area contributed by atoms with E-state index in [1.54, 1.807) is 17.0 Å². The molecule has 0 bridgehead atoms. The Labute approximate surface area is 158 Å². The predicted octanol–water partition coefficient (Wildman–Crippen LogP) is 2.27. The van der Waals surface area contributed by atoms with Crippen LogP contribution in [0.3, 0.4) is 0 Å². The number of rotatable bonds is 3. The number of carbonyl (C=O) groups excluding carboxylic acids is 1. The van der Waals surface area contributed by atoms with E-state index >= 15 is 0 Å². The number of likely N-dealkylation sites (tertiary alicyclic amines) is 1. The predicted molar refractivity (Wildman–Crippen MR) is 99.9 cm³/mol. The normalized spacial score (nSPS) is 20.4. The third-order valence-electron chi connectivity index (χ3n) is 5.87. The minimum absolute atomic E-state index is 0.0538. The van der Waals surface area contributed by atoms with Gasteiger partial charge in [-0.15, -0.1) is 0 Å². The number of nitrogens with zero attached hydrogens (tertiary/aromatic N) is 4. The molecule has 0 saturated carbocycles. The molecular formula is C20H25FN4O2. The van der Waals surface area contributed by atoms with E-state index in [1.165, 1.54) is 23.4 Å². The summed E-state index contributed by atoms with van der Waals surface area (Å²) in [7, 11) is 1.96. The summed E-state index contributed by atoms with van der Waals surface area (Å²) >= 11 is 0. The number of benzene rings is 1. The van der Waals surface area contributed by atoms with Crippen LogP contribution in [-0.4, -0.2) is 52.4 Å². The molecule has 4 rings (SSSR count). The molecule has 2 fully saturated rings. The van der Waals surface area contributed by atoms with E-state index in [0.29, 0.717) is 12.2 Å². The Balaban J connectivity index is 1.42. The first-order valence-electron chi connectivity index (χ1n) is 9.35. The van der Waals surface area contributed by atoms with Crippen molar-refractivity contribution in [3.05, 3.63) is 47.5 Å². The number of carbonyl (C=O) groups is 1. The van der Waals surface area contributed by atoms with Crippen molar-refractivity contribution >= 4 is 11.6 Å². The standard InChI is InChI=1S/C20H25FN4O2/c1-15-16(11-22-23(15)2)12-24-8-6-20(7-9-24)14-25(19(26)13-27-20)18-5-3-4-17(21)10-18/h3-5,10-11H,6-9,12-14H2,1-2H3. The molecule has 1 aromatic carbocycles. The van der Waals surface area contributed by atoms with Gasteiger partial charge in [0, 0.05) is 43.6 Å². The molecule has 2 aliphatic rings. The monoisotopic (exact) mass is 372 g/mol. The number of aromatic nitrogens is 2. The van der Waals surface area contributed by atoms with Gasteiger partial charge in [-0.3, -0.25) is 14.4 Å². The zero-order chi connectivity index (χ0) is 19.0. The summed E-state index contributed by atoms with van der Waals surface area (Å²) in [4.78, 5) is 16.4. The molecule has 6 nitrogen and oxygen atoms in total. The third kappa shape index (κ3) is 3.61. The fourth-order valence-corrected chi connectivity index (χ4v) is 3.96. The molecular weight excluding hydrogens is 347 g/mol. The van der Waals surface area contributed by atoms with E-state index in [-0.39, 0.29) is 23.9 Å². The minimum atomic E-state index is -0.347. The molecule has 3 heterocycles. The average molecular weight is 372 g/mol. The molecule has 2 aliphatic heterocycles. The van der Waals surface area contributed by atoms with Gasteiger partial charge in [-0.25, -0.2) is 4.39 Å². The molecule has 1 amide bonds. The molecule has 1 spiro atoms. The summed E-state index contributed by atoms with van der Waals surface area (Å²) in [5.74, 6) is -0.442. The van der Waals surface area contributed by atoms with Crippen molar-refractivity contribution in [2.75, 3.05) is 31.1 Å². The number of ether oxygens (including phenoxy) is 1. The van der Waals surface area contributed by atoms with Crippen molar-refractivity contribution in [1.29, 1.82) is 0 Å². The van der Waals surface area contributed by atoms with Crippen molar-refractivity contribution in [3.63, 3.8) is 0 Å². The van der Waals surface area contributed by atoms with Crippen LogP contribution < -0.4 is 4.90 Å². The first kappa shape index (κ1) is 18.1. The van der Waals surface area contributed by atoms with E-state index < -0.39 is 0 Å². The number of hydrogen-bond donors (Lipinski definition) is 0. The van der Waals surface area contributed by atoms with Gasteiger partial charge in [-0.1, -0.05) is 6.07 Å². The van der Waals surface area contributed by atoms with Crippen LogP contribution in [0, 0.1) is 12.7 Å². The Morgan fingerprint density at radius 2 is 2.07 bits per heavy atom. The summed E-state index contributed by atoms with van der Waals surface area (Å²) in [5, 5.41) is 4.31. The highest BCUT2D eigenvalue weighted by atomic mass is 19.1. The van der Waals surface area contributed by atoms with Crippen LogP contribution in [0.2, 0.25) is 0 Å². The molecule has 7 heteroatoms. The van der Waals surface area contributed by atoms with Gasteiger partial charge in [0.1, 0.15) is 12.4 Å². The van der Waals surface area contributed by atoms with Crippen LogP contribution in [0.5, 0.6) is 0 Å². The van der Waals surface area contributed by atoms with Crippen LogP contribution in [0.1, 0.15) is 24.1 Å². The minimum Gasteiger partial charge on any atom is -0.363 e. The lowest BCUT2D eigenvalue weighted by molar-refractivity contribution is -0.144. The third-order valence-corrected chi connectivity index (χ3v) is 5.87. The van der Waals surface area contributed by atoms with Gasteiger partial charge in [0.2, 0.25) is 0 Å². The lowest BCUT2D eigenvalue weighted by Crippen LogP contribution is -2.58. The average Bonchev–Trinajstić information content (AvgIpc) is 2.98. The quantitative estimate of drug-likeness (QED) is 0.829. The van der Waals surface area contributed by atoms with Crippen LogP contribution in [0.15, 0.2) is 30.5 Å². The van der Waals surface area contributed by atoms with E-state index in [1.807, 2.05) is 17.9 Å². The zero-order valence-corrected chi connectivity index (χ0v) is 15.8. The van der Waals surface area contributed by atoms with E-state index in [2.05, 4.69) is 16.9 Å². The van der Waals surface area contributed by atoms with Crippen LogP contribution in [-0.2, 0) is 23.1 Å². The van der Waals surface area contributed by atoms with Gasteiger partial charge >= 0.3 is 0 Å². The van der Waals surface area contributed by atoms with Gasteiger partial charge < -0.3 is 9.64 Å². The zero-order valence-electron chi connectivity index (χ0n) is 15.8. The maximum absolute atomic E-state index is 13.6. The smallest absolute Gasteiger partial charge is 0.253 e. The van der Waals surface area contributed by atoms with Crippen molar-refractivity contribution in [2.24, 2.45) is 7.05 Å². The second-order valence-electron chi connectivity index (χ2n) is 7.59. The van der Waals surface area contributed by atoms with Crippen molar-refractivity contribution in [1.82, 2.24) is 14.7 Å². The Morgan fingerprint density at radius 1 is 1.30 bits per heavy atom. The first-order chi connectivity index (χ1) is 13.0. The Bertz CT molecular complexity index is 842. The van der Waals surface area contributed by atoms with Crippen LogP contribution in [0.4, 0.5) is 10.1 Å². The van der Waals surface area contributed by atoms with Crippen LogP contribution in [0.25, 0.3) is 0 Å². The number of amides is 1. The topological polar surface area (TPSA) is 50.6 Å². The van der Waals surface area contributed by atoms with Crippen molar-refractivity contribution in [3.8, 4) is 0 Å². The highest BCUT2D eigenvalue weighted by molar-refractivity contribution is 5.95. The molecule has 0 atom stereocenters. The first-order valence-corrected chi connectivity index (χ1v) is 9.35. The fraction of sp³-hybridized carbons (Fsp3) is 0.500. The van der Waals surface area contributed by atoms with Gasteiger partial charge in [0.25, 0.3) is 5.91 Å². The van der Waals surface area contributed by atoms with Gasteiger partial charge in [0.05, 0.1) is 18.3 Å². The lowest BCUT2D eigenvalue weighted by Gasteiger charge is -2.47. The highest BCUT2D eigenvalue weighted by Gasteiger charge is 2.42. The molecule has 0 aliphatic carbocycles. The van der Waals surface area contributed by atoms with E-state index in [4.69, 9.17) is 4.74 Å². The number of halogens is 1. The number of anilines is 1. The lowest BCUT2D eigenvalue weighted by atomic mass is 9.88. The second-order valence-corrected chi connectivity index (χ2v) is 7.59. The molecule has 0 unspecified atom stereocenters. The SMILES string of the molecule is Cc1c(CN2CCC3(CC2)CN(c2cccc(F)c2)C(=O)CO3)cnn1C. The van der Waals surface area contributed by atoms with Crippen molar-refractivity contribution < 1.29 is 13.9 Å². The van der Waals surface area contributed by atoms with Crippen molar-refractivity contribution in [2.45, 2.75) is 31.9 Å². The van der Waals surface area contributed by atoms with Crippen LogP contribution >= 0.6 is 0 Å². The largest absolute Gasteiger partial charge is 0.363 e. The number of morpholine rings is 1. The Hall–Kier alpha value is -2.25. The Morgan fingerprint density at radius 3 is 2.74 bits per heavy atom. The molecule has 144 valence electrons. The fourth-order valence-electron chi connectivity index (χ4n) is 3.96. The van der Waals surface area contributed by atoms with E-state index in [0.717, 1.165) is 32.5 Å². The van der Waals surface area contributed by atoms with Gasteiger partial charge in [0.15, 0.2) is 0 Å². The van der Waals surface area contributed by atoms with Gasteiger partial charge in [-0.2, -0.15) is 5.10 Å². The molecule has 1 aromatic heterocycles. The molecule has 27 heavy (non-hydrogen) atoms. The summed E-state index contributed by atoms with van der Waals surface area (Å²) in [6.45, 7) is 5.30. The number of hydrogen-bond acceptors (Lipinski definition) is 4. The number of piperidine rings is 1. The molecule has 0 radical (unpaired) electrons. The Kier molecular flexibility index (Phi) is 4.74. The molecule has 2 saturated heterocycles. The molecule has 0 N–H and O–H groups in total. The summed E-state index contributed by atoms with van der Waals surface area (Å²) < 4.78 is 21.5. The second kappa shape index (κ2) is 7.05.